The fraction of sp³-hybridized carbons (Fsp3) is 0.143. The number of aryl methyl sites for hydroxylation is 1. The molecule has 2 nitrogen and oxygen atoms in total. The molecule has 0 bridgehead atoms. The molecular weight excluding hydrogens is 335 g/mol. The lowest BCUT2D eigenvalue weighted by Gasteiger charge is -2.15. The van der Waals surface area contributed by atoms with Crippen LogP contribution in [-0.2, 0) is 6.18 Å². The van der Waals surface area contributed by atoms with Gasteiger partial charge in [-0.15, -0.1) is 0 Å². The Labute approximate surface area is 122 Å². The molecule has 0 aliphatic heterocycles. The van der Waals surface area contributed by atoms with E-state index in [1.807, 2.05) is 0 Å². The lowest BCUT2D eigenvalue weighted by molar-refractivity contribution is -0.138. The fourth-order valence-electron chi connectivity index (χ4n) is 1.72. The van der Waals surface area contributed by atoms with Crippen molar-refractivity contribution >= 4 is 21.6 Å². The number of benzene rings is 2. The molecule has 6 heteroatoms. The molecule has 0 spiro atoms. The summed E-state index contributed by atoms with van der Waals surface area (Å²) in [6, 6.07) is 8.36. The Morgan fingerprint density at radius 2 is 1.75 bits per heavy atom. The number of nitrogen functional groups attached to an aromatic ring is 1. The highest BCUT2D eigenvalue weighted by molar-refractivity contribution is 9.10. The summed E-state index contributed by atoms with van der Waals surface area (Å²) in [5, 5.41) is 0. The van der Waals surface area contributed by atoms with Crippen LogP contribution in [0, 0.1) is 6.92 Å². The number of ether oxygens (including phenoxy) is 1. The molecule has 2 aromatic rings. The average Bonchev–Trinajstić information content (AvgIpc) is 2.31. The summed E-state index contributed by atoms with van der Waals surface area (Å²) in [5.41, 5.74) is 5.97. The molecule has 2 N–H and O–H groups in total. The van der Waals surface area contributed by atoms with Crippen LogP contribution in [0.1, 0.15) is 11.1 Å². The third kappa shape index (κ3) is 3.25. The molecule has 20 heavy (non-hydrogen) atoms. The quantitative estimate of drug-likeness (QED) is 0.763. The molecule has 0 saturated heterocycles. The van der Waals surface area contributed by atoms with Crippen molar-refractivity contribution in [2.45, 2.75) is 13.1 Å². The van der Waals surface area contributed by atoms with Crippen LogP contribution >= 0.6 is 15.9 Å². The summed E-state index contributed by atoms with van der Waals surface area (Å²) < 4.78 is 44.7. The molecule has 0 aliphatic carbocycles. The normalized spacial score (nSPS) is 11.4. The first-order valence-electron chi connectivity index (χ1n) is 5.68. The van der Waals surface area contributed by atoms with Crippen molar-refractivity contribution in [3.8, 4) is 11.5 Å². The summed E-state index contributed by atoms with van der Waals surface area (Å²) in [6.07, 6.45) is -4.47. The van der Waals surface area contributed by atoms with Crippen LogP contribution in [0.2, 0.25) is 0 Å². The largest absolute Gasteiger partial charge is 0.456 e. The zero-order valence-corrected chi connectivity index (χ0v) is 12.0. The maximum atomic E-state index is 12.9. The SMILES string of the molecule is Cc1cc(N)ccc1Oc1cc(Br)ccc1C(F)(F)F. The lowest BCUT2D eigenvalue weighted by atomic mass is 10.1. The number of nitrogens with two attached hydrogens (primary N) is 1. The third-order valence-electron chi connectivity index (χ3n) is 2.67. The Morgan fingerprint density at radius 3 is 2.35 bits per heavy atom. The molecule has 2 aromatic carbocycles. The van der Waals surface area contributed by atoms with Crippen LogP contribution in [0.4, 0.5) is 18.9 Å². The molecule has 0 fully saturated rings. The van der Waals surface area contributed by atoms with Crippen LogP contribution in [0.25, 0.3) is 0 Å². The van der Waals surface area contributed by atoms with Crippen molar-refractivity contribution in [3.63, 3.8) is 0 Å². The minimum atomic E-state index is -4.47. The van der Waals surface area contributed by atoms with Crippen molar-refractivity contribution < 1.29 is 17.9 Å². The molecule has 0 radical (unpaired) electrons. The topological polar surface area (TPSA) is 35.2 Å². The summed E-state index contributed by atoms with van der Waals surface area (Å²) >= 11 is 3.14. The second-order valence-corrected chi connectivity index (χ2v) is 5.18. The molecule has 0 heterocycles. The van der Waals surface area contributed by atoms with E-state index in [2.05, 4.69) is 15.9 Å². The van der Waals surface area contributed by atoms with Gasteiger partial charge in [0.05, 0.1) is 5.56 Å². The van der Waals surface area contributed by atoms with Crippen LogP contribution < -0.4 is 10.5 Å². The van der Waals surface area contributed by atoms with Gasteiger partial charge in [0.2, 0.25) is 0 Å². The van der Waals surface area contributed by atoms with Gasteiger partial charge in [-0.25, -0.2) is 0 Å². The van der Waals surface area contributed by atoms with Crippen LogP contribution in [0.5, 0.6) is 11.5 Å². The Kier molecular flexibility index (Phi) is 3.94. The number of hydrogen-bond acceptors (Lipinski definition) is 2. The minimum absolute atomic E-state index is 0.250. The van der Waals surface area contributed by atoms with Crippen LogP contribution in [0.15, 0.2) is 40.9 Å². The molecule has 0 aliphatic rings. The van der Waals surface area contributed by atoms with Crippen LogP contribution in [0.3, 0.4) is 0 Å². The predicted molar refractivity (Wildman–Crippen MR) is 74.8 cm³/mol. The molecule has 0 saturated carbocycles. The van der Waals surface area contributed by atoms with E-state index >= 15 is 0 Å². The minimum Gasteiger partial charge on any atom is -0.456 e. The predicted octanol–water partition coefficient (Wildman–Crippen LogP) is 5.15. The first-order chi connectivity index (χ1) is 9.27. The molecule has 106 valence electrons. The van der Waals surface area contributed by atoms with Crippen molar-refractivity contribution in [2.24, 2.45) is 0 Å². The summed E-state index contributed by atoms with van der Waals surface area (Å²) in [7, 11) is 0. The Morgan fingerprint density at radius 1 is 1.05 bits per heavy atom. The summed E-state index contributed by atoms with van der Waals surface area (Å²) in [5.74, 6) is 0.0857. The van der Waals surface area contributed by atoms with Gasteiger partial charge in [0.25, 0.3) is 0 Å². The van der Waals surface area contributed by atoms with Gasteiger partial charge in [0, 0.05) is 10.2 Å². The van der Waals surface area contributed by atoms with Gasteiger partial charge < -0.3 is 10.5 Å². The summed E-state index contributed by atoms with van der Waals surface area (Å²) in [4.78, 5) is 0. The number of hydrogen-bond donors (Lipinski definition) is 1. The second-order valence-electron chi connectivity index (χ2n) is 4.27. The molecule has 0 unspecified atom stereocenters. The number of anilines is 1. The standard InChI is InChI=1S/C14H11BrF3NO/c1-8-6-10(19)3-5-12(8)20-13-7-9(15)2-4-11(13)14(16,17)18/h2-7H,19H2,1H3. The van der Waals surface area contributed by atoms with Crippen molar-refractivity contribution in [3.05, 3.63) is 52.0 Å². The molecule has 2 rings (SSSR count). The van der Waals surface area contributed by atoms with Crippen LogP contribution in [-0.4, -0.2) is 0 Å². The highest BCUT2D eigenvalue weighted by Gasteiger charge is 2.34. The van der Waals surface area contributed by atoms with Crippen molar-refractivity contribution in [2.75, 3.05) is 5.73 Å². The lowest BCUT2D eigenvalue weighted by Crippen LogP contribution is -2.07. The van der Waals surface area contributed by atoms with E-state index in [1.165, 1.54) is 12.1 Å². The highest BCUT2D eigenvalue weighted by atomic mass is 79.9. The molecule has 0 atom stereocenters. The maximum absolute atomic E-state index is 12.9. The summed E-state index contributed by atoms with van der Waals surface area (Å²) in [6.45, 7) is 1.72. The van der Waals surface area contributed by atoms with E-state index in [1.54, 1.807) is 25.1 Å². The second kappa shape index (κ2) is 5.36. The number of rotatable bonds is 2. The van der Waals surface area contributed by atoms with Crippen molar-refractivity contribution in [1.29, 1.82) is 0 Å². The fourth-order valence-corrected chi connectivity index (χ4v) is 2.06. The van der Waals surface area contributed by atoms with E-state index in [4.69, 9.17) is 10.5 Å². The van der Waals surface area contributed by atoms with Gasteiger partial charge in [-0.2, -0.15) is 13.2 Å². The Balaban J connectivity index is 2.45. The molecule has 0 aromatic heterocycles. The first-order valence-corrected chi connectivity index (χ1v) is 6.47. The van der Waals surface area contributed by atoms with E-state index in [-0.39, 0.29) is 5.75 Å². The smallest absolute Gasteiger partial charge is 0.419 e. The van der Waals surface area contributed by atoms with Gasteiger partial charge in [-0.1, -0.05) is 15.9 Å². The Bertz CT molecular complexity index is 641. The van der Waals surface area contributed by atoms with E-state index in [0.717, 1.165) is 6.07 Å². The average molecular weight is 346 g/mol. The van der Waals surface area contributed by atoms with Gasteiger partial charge in [-0.05, 0) is 48.9 Å². The van der Waals surface area contributed by atoms with Crippen molar-refractivity contribution in [1.82, 2.24) is 0 Å². The van der Waals surface area contributed by atoms with Gasteiger partial charge >= 0.3 is 6.18 Å². The molecular formula is C14H11BrF3NO. The zero-order valence-electron chi connectivity index (χ0n) is 10.5. The Hall–Kier alpha value is -1.69. The number of halogens is 4. The highest BCUT2D eigenvalue weighted by Crippen LogP contribution is 2.40. The molecule has 0 amide bonds. The zero-order chi connectivity index (χ0) is 14.9. The monoisotopic (exact) mass is 345 g/mol. The first kappa shape index (κ1) is 14.7. The van der Waals surface area contributed by atoms with E-state index in [9.17, 15) is 13.2 Å². The van der Waals surface area contributed by atoms with E-state index in [0.29, 0.717) is 21.5 Å². The number of alkyl halides is 3. The van der Waals surface area contributed by atoms with E-state index < -0.39 is 11.7 Å². The van der Waals surface area contributed by atoms with Gasteiger partial charge in [0.1, 0.15) is 11.5 Å². The third-order valence-corrected chi connectivity index (χ3v) is 3.16. The van der Waals surface area contributed by atoms with Gasteiger partial charge in [0.15, 0.2) is 0 Å². The maximum Gasteiger partial charge on any atom is 0.419 e. The van der Waals surface area contributed by atoms with Gasteiger partial charge in [-0.3, -0.25) is 0 Å².